The molecule has 1 saturated heterocycles. The standard InChI is InChI=1S/C12H21N3S/c1-9(10-4-6-13-7-5-10)11-8-14-12(16-11)15(2)3/h8-10,13H,4-7H2,1-3H3. The summed E-state index contributed by atoms with van der Waals surface area (Å²) in [6.07, 6.45) is 4.67. The fourth-order valence-corrected chi connectivity index (χ4v) is 3.25. The van der Waals surface area contributed by atoms with Crippen LogP contribution in [0.3, 0.4) is 0 Å². The van der Waals surface area contributed by atoms with E-state index in [0.29, 0.717) is 5.92 Å². The van der Waals surface area contributed by atoms with Gasteiger partial charge in [-0.2, -0.15) is 0 Å². The van der Waals surface area contributed by atoms with E-state index in [9.17, 15) is 0 Å². The molecule has 0 aliphatic carbocycles. The van der Waals surface area contributed by atoms with Crippen molar-refractivity contribution in [3.05, 3.63) is 11.1 Å². The van der Waals surface area contributed by atoms with Crippen LogP contribution in [0.25, 0.3) is 0 Å². The highest BCUT2D eigenvalue weighted by Crippen LogP contribution is 2.35. The van der Waals surface area contributed by atoms with Crippen LogP contribution in [0.15, 0.2) is 6.20 Å². The van der Waals surface area contributed by atoms with Crippen LogP contribution in [0, 0.1) is 5.92 Å². The second-order valence-corrected chi connectivity index (χ2v) is 5.86. The average molecular weight is 239 g/mol. The fraction of sp³-hybridized carbons (Fsp3) is 0.750. The van der Waals surface area contributed by atoms with Crippen molar-refractivity contribution in [3.8, 4) is 0 Å². The van der Waals surface area contributed by atoms with Gasteiger partial charge in [-0.3, -0.25) is 0 Å². The zero-order valence-corrected chi connectivity index (χ0v) is 11.2. The van der Waals surface area contributed by atoms with Gasteiger partial charge >= 0.3 is 0 Å². The summed E-state index contributed by atoms with van der Waals surface area (Å²) in [5.41, 5.74) is 0. The van der Waals surface area contributed by atoms with Crippen molar-refractivity contribution in [2.45, 2.75) is 25.7 Å². The number of anilines is 1. The topological polar surface area (TPSA) is 28.2 Å². The first-order chi connectivity index (χ1) is 7.68. The Hall–Kier alpha value is -0.610. The number of nitrogens with zero attached hydrogens (tertiary/aromatic N) is 2. The summed E-state index contributed by atoms with van der Waals surface area (Å²) in [5, 5.41) is 4.55. The zero-order chi connectivity index (χ0) is 11.5. The highest BCUT2D eigenvalue weighted by Gasteiger charge is 2.22. The molecule has 1 unspecified atom stereocenters. The molecule has 2 rings (SSSR count). The molecule has 1 atom stereocenters. The summed E-state index contributed by atoms with van der Waals surface area (Å²) in [4.78, 5) is 7.99. The zero-order valence-electron chi connectivity index (χ0n) is 10.4. The second kappa shape index (κ2) is 5.15. The Morgan fingerprint density at radius 1 is 1.44 bits per heavy atom. The van der Waals surface area contributed by atoms with Gasteiger partial charge in [0.1, 0.15) is 0 Å². The summed E-state index contributed by atoms with van der Waals surface area (Å²) in [5.74, 6) is 1.49. The van der Waals surface area contributed by atoms with Gasteiger partial charge in [0, 0.05) is 25.2 Å². The summed E-state index contributed by atoms with van der Waals surface area (Å²) < 4.78 is 0. The van der Waals surface area contributed by atoms with Crippen molar-refractivity contribution in [1.82, 2.24) is 10.3 Å². The minimum Gasteiger partial charge on any atom is -0.354 e. The number of hydrogen-bond acceptors (Lipinski definition) is 4. The first kappa shape index (κ1) is 11.9. The third-order valence-corrected chi connectivity index (χ3v) is 4.80. The monoisotopic (exact) mass is 239 g/mol. The van der Waals surface area contributed by atoms with Crippen LogP contribution in [0.1, 0.15) is 30.6 Å². The van der Waals surface area contributed by atoms with Crippen LogP contribution in [0.2, 0.25) is 0 Å². The maximum absolute atomic E-state index is 4.46. The molecule has 16 heavy (non-hydrogen) atoms. The van der Waals surface area contributed by atoms with Crippen molar-refractivity contribution in [3.63, 3.8) is 0 Å². The Balaban J connectivity index is 2.04. The lowest BCUT2D eigenvalue weighted by Gasteiger charge is -2.27. The number of thiazole rings is 1. The van der Waals surface area contributed by atoms with Gasteiger partial charge in [-0.05, 0) is 37.8 Å². The van der Waals surface area contributed by atoms with Gasteiger partial charge in [-0.25, -0.2) is 4.98 Å². The van der Waals surface area contributed by atoms with Gasteiger partial charge in [0.15, 0.2) is 5.13 Å². The third-order valence-electron chi connectivity index (χ3n) is 3.43. The molecule has 4 heteroatoms. The number of hydrogen-bond donors (Lipinski definition) is 1. The van der Waals surface area contributed by atoms with Crippen molar-refractivity contribution < 1.29 is 0 Å². The van der Waals surface area contributed by atoms with E-state index in [1.54, 1.807) is 0 Å². The quantitative estimate of drug-likeness (QED) is 0.877. The van der Waals surface area contributed by atoms with Crippen LogP contribution >= 0.6 is 11.3 Å². The minimum absolute atomic E-state index is 0.660. The number of nitrogens with one attached hydrogen (secondary N) is 1. The Labute approximate surface area is 102 Å². The molecule has 1 N–H and O–H groups in total. The van der Waals surface area contributed by atoms with E-state index < -0.39 is 0 Å². The highest BCUT2D eigenvalue weighted by atomic mass is 32.1. The molecule has 0 amide bonds. The Bertz CT molecular complexity index is 329. The van der Waals surface area contributed by atoms with Crippen molar-refractivity contribution >= 4 is 16.5 Å². The molecule has 1 aliphatic rings. The molecule has 3 nitrogen and oxygen atoms in total. The fourth-order valence-electron chi connectivity index (χ4n) is 2.27. The summed E-state index contributed by atoms with van der Waals surface area (Å²) in [7, 11) is 4.11. The number of rotatable bonds is 3. The van der Waals surface area contributed by atoms with Gasteiger partial charge in [-0.1, -0.05) is 6.92 Å². The van der Waals surface area contributed by atoms with Crippen molar-refractivity contribution in [2.24, 2.45) is 5.92 Å². The van der Waals surface area contributed by atoms with Gasteiger partial charge in [0.25, 0.3) is 0 Å². The molecule has 1 aromatic heterocycles. The predicted octanol–water partition coefficient (Wildman–Crippen LogP) is 2.31. The summed E-state index contributed by atoms with van der Waals surface area (Å²) in [6.45, 7) is 4.70. The molecule has 0 bridgehead atoms. The molecule has 1 aliphatic heterocycles. The van der Waals surface area contributed by atoms with Gasteiger partial charge in [-0.15, -0.1) is 11.3 Å². The van der Waals surface area contributed by atoms with Gasteiger partial charge < -0.3 is 10.2 Å². The van der Waals surface area contributed by atoms with Crippen LogP contribution in [0.5, 0.6) is 0 Å². The first-order valence-corrected chi connectivity index (χ1v) is 6.84. The molecule has 90 valence electrons. The molecule has 1 fully saturated rings. The van der Waals surface area contributed by atoms with E-state index in [1.807, 2.05) is 11.3 Å². The van der Waals surface area contributed by atoms with Crippen LogP contribution < -0.4 is 10.2 Å². The summed E-state index contributed by atoms with van der Waals surface area (Å²) >= 11 is 1.84. The summed E-state index contributed by atoms with van der Waals surface area (Å²) in [6, 6.07) is 0. The number of piperidine rings is 1. The molecule has 0 radical (unpaired) electrons. The molecular weight excluding hydrogens is 218 g/mol. The Kier molecular flexibility index (Phi) is 3.82. The van der Waals surface area contributed by atoms with E-state index in [0.717, 1.165) is 11.0 Å². The second-order valence-electron chi connectivity index (χ2n) is 4.82. The lowest BCUT2D eigenvalue weighted by Crippen LogP contribution is -2.29. The maximum atomic E-state index is 4.46. The van der Waals surface area contributed by atoms with E-state index in [2.05, 4.69) is 42.4 Å². The molecule has 2 heterocycles. The average Bonchev–Trinajstić information content (AvgIpc) is 2.78. The normalized spacial score (nSPS) is 19.7. The van der Waals surface area contributed by atoms with Crippen LogP contribution in [0.4, 0.5) is 5.13 Å². The highest BCUT2D eigenvalue weighted by molar-refractivity contribution is 7.15. The largest absolute Gasteiger partial charge is 0.354 e. The molecule has 1 aromatic rings. The third kappa shape index (κ3) is 2.55. The predicted molar refractivity (Wildman–Crippen MR) is 70.4 cm³/mol. The molecule has 0 spiro atoms. The minimum atomic E-state index is 0.660. The Morgan fingerprint density at radius 2 is 2.12 bits per heavy atom. The van der Waals surface area contributed by atoms with Gasteiger partial charge in [0.2, 0.25) is 0 Å². The number of aromatic nitrogens is 1. The molecule has 0 aromatic carbocycles. The van der Waals surface area contributed by atoms with E-state index in [1.165, 1.54) is 30.8 Å². The Morgan fingerprint density at radius 3 is 2.69 bits per heavy atom. The SMILES string of the molecule is CC(c1cnc(N(C)C)s1)C1CCNCC1. The van der Waals surface area contributed by atoms with Crippen molar-refractivity contribution in [2.75, 3.05) is 32.1 Å². The van der Waals surface area contributed by atoms with Gasteiger partial charge in [0.05, 0.1) is 0 Å². The lowest BCUT2D eigenvalue weighted by atomic mass is 9.85. The lowest BCUT2D eigenvalue weighted by molar-refractivity contribution is 0.332. The molecular formula is C12H21N3S. The first-order valence-electron chi connectivity index (χ1n) is 6.02. The van der Waals surface area contributed by atoms with E-state index in [-0.39, 0.29) is 0 Å². The van der Waals surface area contributed by atoms with E-state index >= 15 is 0 Å². The van der Waals surface area contributed by atoms with Crippen LogP contribution in [-0.4, -0.2) is 32.2 Å². The van der Waals surface area contributed by atoms with Crippen LogP contribution in [-0.2, 0) is 0 Å². The maximum Gasteiger partial charge on any atom is 0.184 e. The molecule has 0 saturated carbocycles. The van der Waals surface area contributed by atoms with E-state index in [4.69, 9.17) is 0 Å². The van der Waals surface area contributed by atoms with Crippen molar-refractivity contribution in [1.29, 1.82) is 0 Å². The smallest absolute Gasteiger partial charge is 0.184 e.